The van der Waals surface area contributed by atoms with Crippen molar-refractivity contribution in [3.05, 3.63) is 76.0 Å². The van der Waals surface area contributed by atoms with Gasteiger partial charge in [-0.2, -0.15) is 0 Å². The number of aromatic nitrogens is 1. The van der Waals surface area contributed by atoms with Gasteiger partial charge in [0, 0.05) is 17.7 Å². The Kier molecular flexibility index (Phi) is 5.68. The average molecular weight is 418 g/mol. The lowest BCUT2D eigenvalue weighted by Gasteiger charge is -2.14. The average Bonchev–Trinajstić information content (AvgIpc) is 3.10. The molecule has 31 heavy (non-hydrogen) atoms. The smallest absolute Gasteiger partial charge is 0.304 e. The summed E-state index contributed by atoms with van der Waals surface area (Å²) in [6, 6.07) is 12.8. The number of carbonyl (C=O) groups is 1. The van der Waals surface area contributed by atoms with Gasteiger partial charge in [-0.15, -0.1) is 0 Å². The Morgan fingerprint density at radius 3 is 2.61 bits per heavy atom. The van der Waals surface area contributed by atoms with Crippen LogP contribution in [0.5, 0.6) is 11.6 Å². The van der Waals surface area contributed by atoms with Crippen LogP contribution in [0.1, 0.15) is 45.7 Å². The molecule has 1 aliphatic rings. The van der Waals surface area contributed by atoms with Gasteiger partial charge in [0.2, 0.25) is 5.88 Å². The standard InChI is InChI=1S/C26H27NO4/c1-15-8-16(2)24(17(3)9-15)20-7-5-6-19(10-20)13-31-26-18(4)25-22(12-27-26)21(14-30-25)11-23(28)29/h5-10,12,21H,11,13-14H2,1-4H3,(H,28,29). The molecule has 160 valence electrons. The Morgan fingerprint density at radius 2 is 1.90 bits per heavy atom. The summed E-state index contributed by atoms with van der Waals surface area (Å²) in [5.41, 5.74) is 8.95. The van der Waals surface area contributed by atoms with Crippen LogP contribution in [0.4, 0.5) is 0 Å². The highest BCUT2D eigenvalue weighted by Gasteiger charge is 2.29. The molecule has 0 radical (unpaired) electrons. The van der Waals surface area contributed by atoms with E-state index in [0.717, 1.165) is 16.7 Å². The molecule has 1 atom stereocenters. The summed E-state index contributed by atoms with van der Waals surface area (Å²) in [6.07, 6.45) is 1.73. The fourth-order valence-corrected chi connectivity index (χ4v) is 4.48. The molecule has 2 aromatic carbocycles. The van der Waals surface area contributed by atoms with Crippen LogP contribution in [0.2, 0.25) is 0 Å². The molecule has 0 aliphatic carbocycles. The highest BCUT2D eigenvalue weighted by atomic mass is 16.5. The van der Waals surface area contributed by atoms with Crippen molar-refractivity contribution < 1.29 is 19.4 Å². The second kappa shape index (κ2) is 8.42. The van der Waals surface area contributed by atoms with Crippen molar-refractivity contribution in [1.29, 1.82) is 0 Å². The van der Waals surface area contributed by atoms with Crippen molar-refractivity contribution >= 4 is 5.97 Å². The van der Waals surface area contributed by atoms with Gasteiger partial charge in [0.15, 0.2) is 0 Å². The van der Waals surface area contributed by atoms with Gasteiger partial charge in [-0.1, -0.05) is 35.9 Å². The monoisotopic (exact) mass is 417 g/mol. The van der Waals surface area contributed by atoms with Crippen LogP contribution in [0, 0.1) is 27.7 Å². The summed E-state index contributed by atoms with van der Waals surface area (Å²) in [7, 11) is 0. The largest absolute Gasteiger partial charge is 0.492 e. The molecule has 3 aromatic rings. The molecule has 4 rings (SSSR count). The van der Waals surface area contributed by atoms with Gasteiger partial charge in [-0.05, 0) is 61.6 Å². The molecule has 0 amide bonds. The lowest BCUT2D eigenvalue weighted by Crippen LogP contribution is -2.07. The molecule has 0 bridgehead atoms. The number of nitrogens with zero attached hydrogens (tertiary/aromatic N) is 1. The maximum Gasteiger partial charge on any atom is 0.304 e. The summed E-state index contributed by atoms with van der Waals surface area (Å²) in [6.45, 7) is 9.07. The van der Waals surface area contributed by atoms with E-state index in [1.54, 1.807) is 6.20 Å². The molecular weight excluding hydrogens is 390 g/mol. The number of ether oxygens (including phenoxy) is 2. The van der Waals surface area contributed by atoms with E-state index in [1.165, 1.54) is 27.8 Å². The fraction of sp³-hybridized carbons (Fsp3) is 0.308. The number of pyridine rings is 1. The van der Waals surface area contributed by atoms with Crippen LogP contribution in [-0.4, -0.2) is 22.7 Å². The highest BCUT2D eigenvalue weighted by Crippen LogP contribution is 2.40. The Bertz CT molecular complexity index is 1130. The minimum Gasteiger partial charge on any atom is -0.492 e. The molecule has 0 fully saturated rings. The first-order chi connectivity index (χ1) is 14.8. The minimum absolute atomic E-state index is 0.0406. The topological polar surface area (TPSA) is 68.7 Å². The van der Waals surface area contributed by atoms with E-state index >= 15 is 0 Å². The number of benzene rings is 2. The maximum absolute atomic E-state index is 11.1. The first kappa shape index (κ1) is 20.9. The molecular formula is C26H27NO4. The number of rotatable bonds is 6. The molecule has 0 spiro atoms. The molecule has 1 N–H and O–H groups in total. The predicted octanol–water partition coefficient (Wildman–Crippen LogP) is 5.51. The number of aliphatic carboxylic acids is 1. The van der Waals surface area contributed by atoms with Crippen LogP contribution in [-0.2, 0) is 11.4 Å². The number of fused-ring (bicyclic) bond motifs is 1. The molecule has 0 saturated heterocycles. The van der Waals surface area contributed by atoms with Crippen molar-refractivity contribution in [2.75, 3.05) is 6.61 Å². The third-order valence-corrected chi connectivity index (χ3v) is 5.80. The van der Waals surface area contributed by atoms with E-state index in [4.69, 9.17) is 14.6 Å². The van der Waals surface area contributed by atoms with E-state index in [-0.39, 0.29) is 12.3 Å². The Hall–Kier alpha value is -3.34. The zero-order valence-electron chi connectivity index (χ0n) is 18.4. The molecule has 5 nitrogen and oxygen atoms in total. The van der Waals surface area contributed by atoms with Crippen LogP contribution in [0.25, 0.3) is 11.1 Å². The minimum atomic E-state index is -0.835. The van der Waals surface area contributed by atoms with Gasteiger partial charge in [0.1, 0.15) is 12.4 Å². The second-order valence-corrected chi connectivity index (χ2v) is 8.34. The van der Waals surface area contributed by atoms with E-state index in [2.05, 4.69) is 56.1 Å². The third kappa shape index (κ3) is 4.26. The zero-order chi connectivity index (χ0) is 22.1. The number of aryl methyl sites for hydroxylation is 3. The highest BCUT2D eigenvalue weighted by molar-refractivity contribution is 5.72. The number of hydrogen-bond acceptors (Lipinski definition) is 4. The molecule has 1 unspecified atom stereocenters. The normalized spacial score (nSPS) is 14.8. The van der Waals surface area contributed by atoms with Gasteiger partial charge >= 0.3 is 5.97 Å². The fourth-order valence-electron chi connectivity index (χ4n) is 4.48. The van der Waals surface area contributed by atoms with Crippen LogP contribution in [0.15, 0.2) is 42.6 Å². The third-order valence-electron chi connectivity index (χ3n) is 5.80. The van der Waals surface area contributed by atoms with Gasteiger partial charge in [-0.3, -0.25) is 4.79 Å². The molecule has 1 aliphatic heterocycles. The zero-order valence-corrected chi connectivity index (χ0v) is 18.4. The van der Waals surface area contributed by atoms with Gasteiger partial charge in [0.05, 0.1) is 18.6 Å². The maximum atomic E-state index is 11.1. The summed E-state index contributed by atoms with van der Waals surface area (Å²) < 4.78 is 11.8. The molecule has 1 aromatic heterocycles. The van der Waals surface area contributed by atoms with Crippen LogP contribution < -0.4 is 9.47 Å². The van der Waals surface area contributed by atoms with E-state index < -0.39 is 5.97 Å². The first-order valence-electron chi connectivity index (χ1n) is 10.5. The Labute approximate surface area is 182 Å². The first-order valence-corrected chi connectivity index (χ1v) is 10.5. The van der Waals surface area contributed by atoms with E-state index in [1.807, 2.05) is 13.0 Å². The van der Waals surface area contributed by atoms with Crippen molar-refractivity contribution in [2.24, 2.45) is 0 Å². The molecule has 2 heterocycles. The summed E-state index contributed by atoms with van der Waals surface area (Å²) >= 11 is 0. The quantitative estimate of drug-likeness (QED) is 0.573. The lowest BCUT2D eigenvalue weighted by molar-refractivity contribution is -0.137. The summed E-state index contributed by atoms with van der Waals surface area (Å²) in [5, 5.41) is 9.09. The Morgan fingerprint density at radius 1 is 1.16 bits per heavy atom. The van der Waals surface area contributed by atoms with Crippen molar-refractivity contribution in [3.63, 3.8) is 0 Å². The lowest BCUT2D eigenvalue weighted by atomic mass is 9.93. The second-order valence-electron chi connectivity index (χ2n) is 8.34. The van der Waals surface area contributed by atoms with Gasteiger partial charge in [0.25, 0.3) is 0 Å². The number of carboxylic acids is 1. The van der Waals surface area contributed by atoms with Crippen molar-refractivity contribution in [3.8, 4) is 22.8 Å². The van der Waals surface area contributed by atoms with Gasteiger partial charge in [-0.25, -0.2) is 4.98 Å². The van der Waals surface area contributed by atoms with Crippen LogP contribution >= 0.6 is 0 Å². The molecule has 0 saturated carbocycles. The molecule has 5 heteroatoms. The van der Waals surface area contributed by atoms with Crippen LogP contribution in [0.3, 0.4) is 0 Å². The summed E-state index contributed by atoms with van der Waals surface area (Å²) in [5.74, 6) is 0.225. The van der Waals surface area contributed by atoms with Gasteiger partial charge < -0.3 is 14.6 Å². The van der Waals surface area contributed by atoms with E-state index in [0.29, 0.717) is 24.8 Å². The van der Waals surface area contributed by atoms with Crippen molar-refractivity contribution in [1.82, 2.24) is 4.98 Å². The predicted molar refractivity (Wildman–Crippen MR) is 120 cm³/mol. The number of carboxylic acid groups (broad SMARTS) is 1. The SMILES string of the molecule is Cc1cc(C)c(-c2cccc(COc3ncc4c(c3C)OCC4CC(=O)O)c2)c(C)c1. The van der Waals surface area contributed by atoms with E-state index in [9.17, 15) is 4.79 Å². The van der Waals surface area contributed by atoms with Crippen molar-refractivity contribution in [2.45, 2.75) is 46.6 Å². The summed E-state index contributed by atoms with van der Waals surface area (Å²) in [4.78, 5) is 15.5. The number of hydrogen-bond donors (Lipinski definition) is 1. The Balaban J connectivity index is 1.54.